The van der Waals surface area contributed by atoms with Crippen molar-refractivity contribution >= 4 is 0 Å². The molecule has 0 saturated heterocycles. The van der Waals surface area contributed by atoms with E-state index in [0.29, 0.717) is 18.3 Å². The molecule has 0 amide bonds. The van der Waals surface area contributed by atoms with Gasteiger partial charge >= 0.3 is 0 Å². The molecule has 0 N–H and O–H groups in total. The molecule has 0 aromatic heterocycles. The first-order chi connectivity index (χ1) is 11.6. The summed E-state index contributed by atoms with van der Waals surface area (Å²) < 4.78 is 40.5. The van der Waals surface area contributed by atoms with Gasteiger partial charge < -0.3 is 0 Å². The lowest BCUT2D eigenvalue weighted by atomic mass is 9.82. The van der Waals surface area contributed by atoms with Gasteiger partial charge in [-0.3, -0.25) is 0 Å². The zero-order valence-electron chi connectivity index (χ0n) is 14.3. The van der Waals surface area contributed by atoms with Crippen molar-refractivity contribution in [2.24, 2.45) is 11.8 Å². The molecule has 1 fully saturated rings. The minimum atomic E-state index is -0.567. The van der Waals surface area contributed by atoms with Gasteiger partial charge in [-0.25, -0.2) is 13.2 Å². The highest BCUT2D eigenvalue weighted by atomic mass is 19.1. The van der Waals surface area contributed by atoms with Crippen LogP contribution in [0, 0.1) is 35.3 Å². The third kappa shape index (κ3) is 5.44. The Labute approximate surface area is 143 Å². The predicted molar refractivity (Wildman–Crippen MR) is 92.2 cm³/mol. The lowest BCUT2D eigenvalue weighted by Crippen LogP contribution is -2.11. The lowest BCUT2D eigenvalue weighted by Gasteiger charge is -2.22. The van der Waals surface area contributed by atoms with E-state index in [2.05, 4.69) is 18.8 Å². The summed E-state index contributed by atoms with van der Waals surface area (Å²) in [5.74, 6) is 4.98. The van der Waals surface area contributed by atoms with Gasteiger partial charge in [-0.2, -0.15) is 0 Å². The second-order valence-corrected chi connectivity index (χ2v) is 6.59. The number of benzene rings is 1. The Hall–Kier alpha value is -1.69. The van der Waals surface area contributed by atoms with Gasteiger partial charge in [-0.1, -0.05) is 37.7 Å². The van der Waals surface area contributed by atoms with E-state index in [1.54, 1.807) is 6.08 Å². The molecule has 0 atom stereocenters. The Morgan fingerprint density at radius 3 is 2.33 bits per heavy atom. The Morgan fingerprint density at radius 2 is 1.75 bits per heavy atom. The van der Waals surface area contributed by atoms with Crippen LogP contribution >= 0.6 is 0 Å². The van der Waals surface area contributed by atoms with Crippen LogP contribution < -0.4 is 0 Å². The molecule has 0 heterocycles. The summed E-state index contributed by atoms with van der Waals surface area (Å²) in [7, 11) is 0. The quantitative estimate of drug-likeness (QED) is 0.435. The zero-order chi connectivity index (χ0) is 17.4. The van der Waals surface area contributed by atoms with Crippen LogP contribution in [0.4, 0.5) is 13.2 Å². The van der Waals surface area contributed by atoms with E-state index in [1.165, 1.54) is 12.1 Å². The summed E-state index contributed by atoms with van der Waals surface area (Å²) in [6, 6.07) is 2.82. The fourth-order valence-electron chi connectivity index (χ4n) is 3.20. The monoisotopic (exact) mass is 334 g/mol. The van der Waals surface area contributed by atoms with Crippen molar-refractivity contribution in [3.05, 3.63) is 47.3 Å². The summed E-state index contributed by atoms with van der Waals surface area (Å²) in [5, 5.41) is 0. The molecule has 1 aromatic carbocycles. The molecule has 130 valence electrons. The van der Waals surface area contributed by atoms with Gasteiger partial charge in [-0.15, -0.1) is 0 Å². The minimum Gasteiger partial charge on any atom is -0.216 e. The molecular weight excluding hydrogens is 309 g/mol. The number of unbranched alkanes of at least 4 members (excludes halogenated alkanes) is 2. The Morgan fingerprint density at radius 1 is 1.08 bits per heavy atom. The number of rotatable bonds is 5. The molecule has 24 heavy (non-hydrogen) atoms. The molecule has 0 bridgehead atoms. The van der Waals surface area contributed by atoms with Crippen molar-refractivity contribution in [2.75, 3.05) is 0 Å². The van der Waals surface area contributed by atoms with E-state index < -0.39 is 11.6 Å². The number of hydrogen-bond donors (Lipinski definition) is 0. The van der Waals surface area contributed by atoms with Crippen molar-refractivity contribution in [1.29, 1.82) is 0 Å². The highest BCUT2D eigenvalue weighted by Crippen LogP contribution is 2.29. The fraction of sp³-hybridized carbons (Fsp3) is 0.524. The molecule has 1 aliphatic rings. The van der Waals surface area contributed by atoms with Gasteiger partial charge in [0, 0.05) is 5.92 Å². The summed E-state index contributed by atoms with van der Waals surface area (Å²) in [5.41, 5.74) is 0.572. The number of allylic oxidation sites excluding steroid dienone is 1. The predicted octanol–water partition coefficient (Wildman–Crippen LogP) is 6.34. The molecule has 1 aromatic rings. The van der Waals surface area contributed by atoms with E-state index in [4.69, 9.17) is 0 Å². The number of hydrogen-bond acceptors (Lipinski definition) is 0. The first-order valence-corrected chi connectivity index (χ1v) is 8.90. The third-order valence-corrected chi connectivity index (χ3v) is 4.69. The molecular formula is C21H25F3. The molecule has 1 saturated carbocycles. The second kappa shape index (κ2) is 9.57. The first-order valence-electron chi connectivity index (χ1n) is 8.90. The van der Waals surface area contributed by atoms with Crippen LogP contribution in [0.3, 0.4) is 0 Å². The van der Waals surface area contributed by atoms with Gasteiger partial charge in [0.15, 0.2) is 0 Å². The fourth-order valence-corrected chi connectivity index (χ4v) is 3.20. The average molecular weight is 334 g/mol. The normalized spacial score (nSPS) is 20.8. The molecule has 0 aliphatic heterocycles. The topological polar surface area (TPSA) is 0 Å². The maximum atomic E-state index is 14.1. The van der Waals surface area contributed by atoms with E-state index in [1.807, 2.05) is 0 Å². The SMILES string of the molecule is CCCCCc1cc(F)c(C#CC2CCC(C=CF)CC2)c(F)c1. The van der Waals surface area contributed by atoms with Gasteiger partial charge in [0.1, 0.15) is 11.6 Å². The Bertz CT molecular complexity index is 591. The van der Waals surface area contributed by atoms with E-state index in [-0.39, 0.29) is 17.4 Å². The van der Waals surface area contributed by atoms with Crippen LogP contribution in [0.15, 0.2) is 24.5 Å². The highest BCUT2D eigenvalue weighted by molar-refractivity contribution is 5.39. The summed E-state index contributed by atoms with van der Waals surface area (Å²) in [6.07, 6.45) is 9.41. The standard InChI is InChI=1S/C21H25F3/c1-2-3-4-5-18-14-20(23)19(21(24)15-18)11-10-16-6-8-17(9-7-16)12-13-22/h12-17H,2-9H2,1H3. The van der Waals surface area contributed by atoms with Crippen molar-refractivity contribution in [2.45, 2.75) is 58.3 Å². The van der Waals surface area contributed by atoms with Crippen LogP contribution in [0.25, 0.3) is 0 Å². The molecule has 0 unspecified atom stereocenters. The van der Waals surface area contributed by atoms with Gasteiger partial charge in [0.2, 0.25) is 0 Å². The van der Waals surface area contributed by atoms with E-state index >= 15 is 0 Å². The molecule has 0 spiro atoms. The summed E-state index contributed by atoms with van der Waals surface area (Å²) in [6.45, 7) is 2.10. The average Bonchev–Trinajstić information content (AvgIpc) is 2.56. The van der Waals surface area contributed by atoms with Gasteiger partial charge in [0.05, 0.1) is 11.9 Å². The Balaban J connectivity index is 2.00. The lowest BCUT2D eigenvalue weighted by molar-refractivity contribution is 0.362. The van der Waals surface area contributed by atoms with Crippen molar-refractivity contribution in [3.8, 4) is 11.8 Å². The third-order valence-electron chi connectivity index (χ3n) is 4.69. The molecule has 2 rings (SSSR count). The van der Waals surface area contributed by atoms with Crippen LogP contribution in [0.1, 0.15) is 63.0 Å². The van der Waals surface area contributed by atoms with Gasteiger partial charge in [0.25, 0.3) is 0 Å². The number of halogens is 3. The van der Waals surface area contributed by atoms with Crippen LogP contribution in [0.5, 0.6) is 0 Å². The van der Waals surface area contributed by atoms with Crippen molar-refractivity contribution in [1.82, 2.24) is 0 Å². The van der Waals surface area contributed by atoms with E-state index in [0.717, 1.165) is 44.9 Å². The van der Waals surface area contributed by atoms with Crippen LogP contribution in [-0.4, -0.2) is 0 Å². The summed E-state index contributed by atoms with van der Waals surface area (Å²) >= 11 is 0. The summed E-state index contributed by atoms with van der Waals surface area (Å²) in [4.78, 5) is 0. The molecule has 1 aliphatic carbocycles. The maximum absolute atomic E-state index is 14.1. The van der Waals surface area contributed by atoms with Crippen molar-refractivity contribution < 1.29 is 13.2 Å². The molecule has 0 nitrogen and oxygen atoms in total. The van der Waals surface area contributed by atoms with Crippen molar-refractivity contribution in [3.63, 3.8) is 0 Å². The second-order valence-electron chi connectivity index (χ2n) is 6.59. The first kappa shape index (κ1) is 18.6. The maximum Gasteiger partial charge on any atom is 0.142 e. The van der Waals surface area contributed by atoms with Crippen LogP contribution in [-0.2, 0) is 6.42 Å². The number of aryl methyl sites for hydroxylation is 1. The minimum absolute atomic E-state index is 0.125. The largest absolute Gasteiger partial charge is 0.216 e. The smallest absolute Gasteiger partial charge is 0.142 e. The van der Waals surface area contributed by atoms with E-state index in [9.17, 15) is 13.2 Å². The molecule has 0 radical (unpaired) electrons. The molecule has 3 heteroatoms. The zero-order valence-corrected chi connectivity index (χ0v) is 14.3. The van der Waals surface area contributed by atoms with Crippen LogP contribution in [0.2, 0.25) is 0 Å². The Kier molecular flexibility index (Phi) is 7.43. The highest BCUT2D eigenvalue weighted by Gasteiger charge is 2.18. The van der Waals surface area contributed by atoms with Gasteiger partial charge in [-0.05, 0) is 62.1 Å².